The lowest BCUT2D eigenvalue weighted by atomic mass is 10.00. The van der Waals surface area contributed by atoms with Gasteiger partial charge in [-0.2, -0.15) is 0 Å². The number of aromatic nitrogens is 2. The van der Waals surface area contributed by atoms with Gasteiger partial charge in [0, 0.05) is 36.1 Å². The summed E-state index contributed by atoms with van der Waals surface area (Å²) in [7, 11) is 0. The highest BCUT2D eigenvalue weighted by atomic mass is 16.5. The number of pyridine rings is 2. The second kappa shape index (κ2) is 9.64. The maximum absolute atomic E-state index is 12.8. The molecule has 1 aliphatic heterocycles. The fraction of sp³-hybridized carbons (Fsp3) is 0.111. The lowest BCUT2D eigenvalue weighted by Gasteiger charge is -2.31. The van der Waals surface area contributed by atoms with Crippen molar-refractivity contribution in [2.45, 2.75) is 6.42 Å². The van der Waals surface area contributed by atoms with Crippen molar-refractivity contribution in [2.24, 2.45) is 0 Å². The van der Waals surface area contributed by atoms with E-state index in [1.54, 1.807) is 36.8 Å². The SMILES string of the molecule is N=C(C(=O)Nc1ccc(N2CCC2)nc1)c1cc(-c2cncc(Oc3ccccc3)c2)ccc1N. The van der Waals surface area contributed by atoms with Gasteiger partial charge in [0.15, 0.2) is 0 Å². The topological polar surface area (TPSA) is 117 Å². The van der Waals surface area contributed by atoms with E-state index in [0.29, 0.717) is 28.4 Å². The molecule has 1 saturated heterocycles. The molecule has 0 spiro atoms. The van der Waals surface area contributed by atoms with Gasteiger partial charge in [-0.1, -0.05) is 24.3 Å². The van der Waals surface area contributed by atoms with Gasteiger partial charge in [-0.3, -0.25) is 15.2 Å². The Labute approximate surface area is 202 Å². The van der Waals surface area contributed by atoms with Crippen LogP contribution in [0.3, 0.4) is 0 Å². The van der Waals surface area contributed by atoms with Gasteiger partial charge in [-0.25, -0.2) is 4.98 Å². The van der Waals surface area contributed by atoms with Crippen molar-refractivity contribution in [1.82, 2.24) is 9.97 Å². The van der Waals surface area contributed by atoms with Crippen molar-refractivity contribution in [2.75, 3.05) is 29.0 Å². The molecule has 0 radical (unpaired) electrons. The molecule has 4 aromatic rings. The molecule has 1 fully saturated rings. The lowest BCUT2D eigenvalue weighted by Crippen LogP contribution is -2.37. The average molecular weight is 465 g/mol. The molecule has 0 saturated carbocycles. The molecule has 0 atom stereocenters. The van der Waals surface area contributed by atoms with Crippen LogP contribution >= 0.6 is 0 Å². The zero-order valence-corrected chi connectivity index (χ0v) is 18.9. The van der Waals surface area contributed by atoms with Gasteiger partial charge in [-0.15, -0.1) is 0 Å². The van der Waals surface area contributed by atoms with Crippen molar-refractivity contribution in [1.29, 1.82) is 5.41 Å². The molecule has 5 rings (SSSR count). The maximum Gasteiger partial charge on any atom is 0.274 e. The molecule has 0 aliphatic carbocycles. The van der Waals surface area contributed by atoms with E-state index in [9.17, 15) is 4.79 Å². The molecule has 1 amide bonds. The molecule has 0 unspecified atom stereocenters. The second-order valence-electron chi connectivity index (χ2n) is 8.20. The Morgan fingerprint density at radius 1 is 0.943 bits per heavy atom. The minimum Gasteiger partial charge on any atom is -0.456 e. The van der Waals surface area contributed by atoms with Gasteiger partial charge in [-0.05, 0) is 54.4 Å². The fourth-order valence-electron chi connectivity index (χ4n) is 3.72. The molecule has 8 nitrogen and oxygen atoms in total. The molecular weight excluding hydrogens is 440 g/mol. The second-order valence-corrected chi connectivity index (χ2v) is 8.20. The Morgan fingerprint density at radius 3 is 2.49 bits per heavy atom. The van der Waals surface area contributed by atoms with Gasteiger partial charge in [0.25, 0.3) is 5.91 Å². The third-order valence-corrected chi connectivity index (χ3v) is 5.76. The van der Waals surface area contributed by atoms with Crippen molar-refractivity contribution >= 4 is 28.8 Å². The van der Waals surface area contributed by atoms with Crippen molar-refractivity contribution in [3.63, 3.8) is 0 Å². The number of amides is 1. The summed E-state index contributed by atoms with van der Waals surface area (Å²) in [6, 6.07) is 20.2. The van der Waals surface area contributed by atoms with Crippen LogP contribution in [0.4, 0.5) is 17.2 Å². The minimum absolute atomic E-state index is 0.235. The molecule has 1 aliphatic rings. The van der Waals surface area contributed by atoms with Gasteiger partial charge in [0.1, 0.15) is 23.0 Å². The first-order valence-electron chi connectivity index (χ1n) is 11.3. The normalized spacial score (nSPS) is 12.5. The minimum atomic E-state index is -0.563. The molecule has 8 heteroatoms. The number of ether oxygens (including phenoxy) is 1. The van der Waals surface area contributed by atoms with Gasteiger partial charge < -0.3 is 20.7 Å². The number of anilines is 3. The maximum atomic E-state index is 12.8. The molecule has 174 valence electrons. The number of nitrogens with two attached hydrogens (primary N) is 1. The molecule has 2 aromatic heterocycles. The first kappa shape index (κ1) is 22.1. The number of nitrogen functional groups attached to an aromatic ring is 1. The van der Waals surface area contributed by atoms with E-state index in [4.69, 9.17) is 15.9 Å². The Balaban J connectivity index is 1.32. The third-order valence-electron chi connectivity index (χ3n) is 5.76. The molecule has 35 heavy (non-hydrogen) atoms. The number of carbonyl (C=O) groups is 1. The monoisotopic (exact) mass is 464 g/mol. The van der Waals surface area contributed by atoms with E-state index in [2.05, 4.69) is 20.2 Å². The Hall–Kier alpha value is -4.72. The Bertz CT molecular complexity index is 1370. The highest BCUT2D eigenvalue weighted by molar-refractivity contribution is 6.48. The summed E-state index contributed by atoms with van der Waals surface area (Å²) in [5.41, 5.74) is 8.62. The van der Waals surface area contributed by atoms with Crippen molar-refractivity contribution in [3.05, 3.63) is 90.9 Å². The molecule has 3 heterocycles. The average Bonchev–Trinajstić information content (AvgIpc) is 2.85. The van der Waals surface area contributed by atoms with Crippen LogP contribution in [-0.4, -0.2) is 34.7 Å². The van der Waals surface area contributed by atoms with Crippen LogP contribution < -0.4 is 20.7 Å². The third kappa shape index (κ3) is 4.96. The zero-order valence-electron chi connectivity index (χ0n) is 18.9. The van der Waals surface area contributed by atoms with Crippen LogP contribution in [0.25, 0.3) is 11.1 Å². The van der Waals surface area contributed by atoms with Crippen molar-refractivity contribution < 1.29 is 9.53 Å². The number of nitrogens with one attached hydrogen (secondary N) is 2. The van der Waals surface area contributed by atoms with E-state index in [0.717, 1.165) is 36.5 Å². The van der Waals surface area contributed by atoms with Gasteiger partial charge >= 0.3 is 0 Å². The van der Waals surface area contributed by atoms with E-state index >= 15 is 0 Å². The summed E-state index contributed by atoms with van der Waals surface area (Å²) >= 11 is 0. The predicted octanol–water partition coefficient (Wildman–Crippen LogP) is 4.73. The highest BCUT2D eigenvalue weighted by Gasteiger charge is 2.18. The molecule has 0 bridgehead atoms. The summed E-state index contributed by atoms with van der Waals surface area (Å²) in [5.74, 6) is 1.60. The highest BCUT2D eigenvalue weighted by Crippen LogP contribution is 2.28. The van der Waals surface area contributed by atoms with Crippen LogP contribution in [0.15, 0.2) is 85.3 Å². The number of benzene rings is 2. The summed E-state index contributed by atoms with van der Waals surface area (Å²) in [5, 5.41) is 11.2. The van der Waals surface area contributed by atoms with Crippen LogP contribution in [0.5, 0.6) is 11.5 Å². The quantitative estimate of drug-likeness (QED) is 0.269. The summed E-state index contributed by atoms with van der Waals surface area (Å²) in [6.07, 6.45) is 6.09. The van der Waals surface area contributed by atoms with E-state index in [1.807, 2.05) is 48.5 Å². The number of nitrogens with zero attached hydrogens (tertiary/aromatic N) is 3. The van der Waals surface area contributed by atoms with Gasteiger partial charge in [0.2, 0.25) is 0 Å². The van der Waals surface area contributed by atoms with Crippen LogP contribution in [0.2, 0.25) is 0 Å². The Kier molecular flexibility index (Phi) is 6.09. The molecular formula is C27H24N6O2. The summed E-state index contributed by atoms with van der Waals surface area (Å²) < 4.78 is 5.88. The predicted molar refractivity (Wildman–Crippen MR) is 137 cm³/mol. The fourth-order valence-corrected chi connectivity index (χ4v) is 3.72. The standard InChI is InChI=1S/C27H24N6O2/c28-24-9-7-18(19-13-22(17-30-15-19)35-21-5-2-1-3-6-21)14-23(24)26(29)27(34)32-20-8-10-25(31-16-20)33-11-4-12-33/h1-3,5-10,13-17,29H,4,11-12,28H2,(H,32,34). The number of carbonyl (C=O) groups excluding carboxylic acids is 1. The van der Waals surface area contributed by atoms with Crippen LogP contribution in [-0.2, 0) is 4.79 Å². The number of hydrogen-bond acceptors (Lipinski definition) is 7. The van der Waals surface area contributed by atoms with E-state index in [-0.39, 0.29) is 5.71 Å². The Morgan fingerprint density at radius 2 is 1.77 bits per heavy atom. The van der Waals surface area contributed by atoms with E-state index in [1.165, 1.54) is 0 Å². The lowest BCUT2D eigenvalue weighted by molar-refractivity contribution is -0.110. The van der Waals surface area contributed by atoms with Crippen molar-refractivity contribution in [3.8, 4) is 22.6 Å². The van der Waals surface area contributed by atoms with E-state index < -0.39 is 5.91 Å². The number of para-hydroxylation sites is 1. The van der Waals surface area contributed by atoms with Crippen LogP contribution in [0, 0.1) is 5.41 Å². The van der Waals surface area contributed by atoms with Crippen LogP contribution in [0.1, 0.15) is 12.0 Å². The summed E-state index contributed by atoms with van der Waals surface area (Å²) in [6.45, 7) is 1.99. The first-order valence-corrected chi connectivity index (χ1v) is 11.3. The molecule has 4 N–H and O–H groups in total. The molecule has 2 aromatic carbocycles. The largest absolute Gasteiger partial charge is 0.456 e. The smallest absolute Gasteiger partial charge is 0.274 e. The van der Waals surface area contributed by atoms with Gasteiger partial charge in [0.05, 0.1) is 18.1 Å². The number of hydrogen-bond donors (Lipinski definition) is 3. The zero-order chi connectivity index (χ0) is 24.2. The first-order chi connectivity index (χ1) is 17.1. The summed E-state index contributed by atoms with van der Waals surface area (Å²) in [4.78, 5) is 23.6. The number of rotatable bonds is 7.